The molecule has 2 aliphatic carbocycles. The van der Waals surface area contributed by atoms with Crippen LogP contribution < -0.4 is 0 Å². The zero-order valence-electron chi connectivity index (χ0n) is 13.0. The maximum Gasteiger partial charge on any atom is 0.312 e. The molecule has 3 rings (SSSR count). The van der Waals surface area contributed by atoms with E-state index in [-0.39, 0.29) is 23.7 Å². The summed E-state index contributed by atoms with van der Waals surface area (Å²) in [5, 5.41) is 10.2. The average Bonchev–Trinajstić information content (AvgIpc) is 2.50. The highest BCUT2D eigenvalue weighted by atomic mass is 16.5. The Morgan fingerprint density at radius 1 is 1.36 bits per heavy atom. The summed E-state index contributed by atoms with van der Waals surface area (Å²) in [6, 6.07) is 9.72. The minimum atomic E-state index is -0.780. The summed E-state index contributed by atoms with van der Waals surface area (Å²) in [4.78, 5) is 24.9. The van der Waals surface area contributed by atoms with Crippen molar-refractivity contribution in [2.45, 2.75) is 38.7 Å². The van der Waals surface area contributed by atoms with E-state index in [1.807, 2.05) is 30.3 Å². The molecule has 2 saturated carbocycles. The van der Waals surface area contributed by atoms with Crippen molar-refractivity contribution in [1.29, 1.82) is 0 Å². The maximum atomic E-state index is 12.7. The molecule has 1 aromatic carbocycles. The van der Waals surface area contributed by atoms with Gasteiger partial charge in [0, 0.05) is 11.8 Å². The molecule has 0 radical (unpaired) electrons. The van der Waals surface area contributed by atoms with Gasteiger partial charge < -0.3 is 9.84 Å². The number of carbonyl (C=O) groups is 2. The van der Waals surface area contributed by atoms with Crippen LogP contribution in [0.5, 0.6) is 0 Å². The van der Waals surface area contributed by atoms with Crippen LogP contribution >= 0.6 is 0 Å². The number of aliphatic hydroxyl groups is 1. The molecule has 22 heavy (non-hydrogen) atoms. The van der Waals surface area contributed by atoms with Gasteiger partial charge in [-0.1, -0.05) is 37.3 Å². The van der Waals surface area contributed by atoms with E-state index in [9.17, 15) is 14.7 Å². The van der Waals surface area contributed by atoms with Gasteiger partial charge >= 0.3 is 5.97 Å². The van der Waals surface area contributed by atoms with E-state index in [4.69, 9.17) is 4.74 Å². The second-order valence-corrected chi connectivity index (χ2v) is 6.61. The zero-order chi connectivity index (χ0) is 15.9. The van der Waals surface area contributed by atoms with Crippen LogP contribution in [0.4, 0.5) is 0 Å². The molecule has 2 unspecified atom stereocenters. The van der Waals surface area contributed by atoms with E-state index in [1.54, 1.807) is 6.92 Å². The molecule has 1 N–H and O–H groups in total. The maximum absolute atomic E-state index is 12.7. The Hall–Kier alpha value is -1.68. The third-order valence-corrected chi connectivity index (χ3v) is 5.41. The summed E-state index contributed by atoms with van der Waals surface area (Å²) in [5.41, 5.74) is 0.736. The molecular formula is C18H22O4. The monoisotopic (exact) mass is 302 g/mol. The van der Waals surface area contributed by atoms with Crippen LogP contribution in [0.3, 0.4) is 0 Å². The van der Waals surface area contributed by atoms with Gasteiger partial charge in [-0.15, -0.1) is 0 Å². The molecule has 118 valence electrons. The van der Waals surface area contributed by atoms with E-state index in [1.165, 1.54) is 0 Å². The lowest BCUT2D eigenvalue weighted by atomic mass is 9.43. The number of benzene rings is 1. The van der Waals surface area contributed by atoms with Crippen LogP contribution in [0, 0.1) is 17.3 Å². The Labute approximate surface area is 130 Å². The number of fused-ring (bicyclic) bond motifs is 1. The smallest absolute Gasteiger partial charge is 0.312 e. The third-order valence-electron chi connectivity index (χ3n) is 5.41. The fraction of sp³-hybridized carbons (Fsp3) is 0.556. The van der Waals surface area contributed by atoms with E-state index in [2.05, 4.69) is 6.92 Å². The molecular weight excluding hydrogens is 280 g/mol. The predicted octanol–water partition coefficient (Wildman–Crippen LogP) is 2.31. The van der Waals surface area contributed by atoms with Crippen LogP contribution in [-0.2, 0) is 14.3 Å². The van der Waals surface area contributed by atoms with Gasteiger partial charge in [0.15, 0.2) is 0 Å². The van der Waals surface area contributed by atoms with E-state index < -0.39 is 23.9 Å². The standard InChI is InChI=1S/C18H22O4/c1-3-22-17(21)13-12(19)9-10-18(2)14(16(20)15(13)18)11-7-5-4-6-8-11/h4-8,12-15,19H,3,9-10H2,1-2H3/t12-,13+,14?,15?,18-/m1/s1. The summed E-state index contributed by atoms with van der Waals surface area (Å²) in [7, 11) is 0. The highest BCUT2D eigenvalue weighted by Gasteiger charge is 2.66. The number of hydrogen-bond donors (Lipinski definition) is 1. The van der Waals surface area contributed by atoms with Crippen molar-refractivity contribution in [2.75, 3.05) is 6.61 Å². The molecule has 1 aromatic rings. The van der Waals surface area contributed by atoms with Crippen molar-refractivity contribution < 1.29 is 19.4 Å². The average molecular weight is 302 g/mol. The van der Waals surface area contributed by atoms with Crippen LogP contribution in [0.1, 0.15) is 38.2 Å². The Balaban J connectivity index is 1.92. The number of carbonyl (C=O) groups excluding carboxylic acids is 2. The minimum Gasteiger partial charge on any atom is -0.466 e. The predicted molar refractivity (Wildman–Crippen MR) is 81.2 cm³/mol. The van der Waals surface area contributed by atoms with Gasteiger partial charge in [0.2, 0.25) is 0 Å². The lowest BCUT2D eigenvalue weighted by Gasteiger charge is -2.58. The molecule has 4 nitrogen and oxygen atoms in total. The highest BCUT2D eigenvalue weighted by molar-refractivity contribution is 5.99. The number of aliphatic hydroxyl groups excluding tert-OH is 1. The van der Waals surface area contributed by atoms with Crippen molar-refractivity contribution >= 4 is 11.8 Å². The summed E-state index contributed by atoms with van der Waals surface area (Å²) in [6.45, 7) is 4.07. The summed E-state index contributed by atoms with van der Waals surface area (Å²) < 4.78 is 5.09. The molecule has 0 aliphatic heterocycles. The molecule has 4 heteroatoms. The first-order chi connectivity index (χ1) is 10.5. The Morgan fingerprint density at radius 3 is 2.68 bits per heavy atom. The zero-order valence-corrected chi connectivity index (χ0v) is 13.0. The highest BCUT2D eigenvalue weighted by Crippen LogP contribution is 2.62. The van der Waals surface area contributed by atoms with Crippen LogP contribution in [-0.4, -0.2) is 29.6 Å². The number of ketones is 1. The Bertz CT molecular complexity index is 582. The molecule has 0 aromatic heterocycles. The van der Waals surface area contributed by atoms with Crippen LogP contribution in [0.15, 0.2) is 30.3 Å². The molecule has 0 amide bonds. The molecule has 0 spiro atoms. The van der Waals surface area contributed by atoms with Crippen LogP contribution in [0.2, 0.25) is 0 Å². The quantitative estimate of drug-likeness (QED) is 0.870. The second kappa shape index (κ2) is 5.51. The number of rotatable bonds is 3. The third kappa shape index (κ3) is 2.09. The summed E-state index contributed by atoms with van der Waals surface area (Å²) in [6.07, 6.45) is 0.505. The Morgan fingerprint density at radius 2 is 2.05 bits per heavy atom. The number of ether oxygens (including phenoxy) is 1. The lowest BCUT2D eigenvalue weighted by Crippen LogP contribution is -2.63. The molecule has 2 fully saturated rings. The van der Waals surface area contributed by atoms with Gasteiger partial charge in [-0.2, -0.15) is 0 Å². The van der Waals surface area contributed by atoms with Crippen LogP contribution in [0.25, 0.3) is 0 Å². The molecule has 0 bridgehead atoms. The van der Waals surface area contributed by atoms with Gasteiger partial charge in [-0.25, -0.2) is 0 Å². The molecule has 2 aliphatic rings. The van der Waals surface area contributed by atoms with E-state index in [0.29, 0.717) is 6.42 Å². The topological polar surface area (TPSA) is 63.6 Å². The van der Waals surface area contributed by atoms with Crippen molar-refractivity contribution in [3.05, 3.63) is 35.9 Å². The fourth-order valence-electron chi connectivity index (χ4n) is 4.38. The number of hydrogen-bond acceptors (Lipinski definition) is 4. The van der Waals surface area contributed by atoms with Crippen molar-refractivity contribution in [3.8, 4) is 0 Å². The van der Waals surface area contributed by atoms with Crippen molar-refractivity contribution in [2.24, 2.45) is 17.3 Å². The Kier molecular flexibility index (Phi) is 3.81. The summed E-state index contributed by atoms with van der Waals surface area (Å²) in [5.74, 6) is -1.70. The first kappa shape index (κ1) is 15.2. The van der Waals surface area contributed by atoms with Gasteiger partial charge in [-0.3, -0.25) is 9.59 Å². The van der Waals surface area contributed by atoms with Gasteiger partial charge in [0.05, 0.1) is 18.6 Å². The minimum absolute atomic E-state index is 0.0607. The first-order valence-corrected chi connectivity index (χ1v) is 7.94. The molecule has 0 saturated heterocycles. The molecule has 5 atom stereocenters. The fourth-order valence-corrected chi connectivity index (χ4v) is 4.38. The summed E-state index contributed by atoms with van der Waals surface area (Å²) >= 11 is 0. The van der Waals surface area contributed by atoms with Gasteiger partial charge in [0.25, 0.3) is 0 Å². The SMILES string of the molecule is CCOC(=O)[C@@H]1C2C(=O)C(c3ccccc3)[C@@]2(C)CC[C@H]1O. The van der Waals surface area contributed by atoms with Gasteiger partial charge in [0.1, 0.15) is 5.78 Å². The van der Waals surface area contributed by atoms with Crippen molar-refractivity contribution in [3.63, 3.8) is 0 Å². The van der Waals surface area contributed by atoms with E-state index >= 15 is 0 Å². The number of esters is 1. The lowest BCUT2D eigenvalue weighted by molar-refractivity contribution is -0.183. The normalized spacial score (nSPS) is 37.1. The second-order valence-electron chi connectivity index (χ2n) is 6.61. The van der Waals surface area contributed by atoms with Gasteiger partial charge in [-0.05, 0) is 30.7 Å². The number of Topliss-reactive ketones (excluding diaryl/α,β-unsaturated/α-hetero) is 1. The van der Waals surface area contributed by atoms with E-state index in [0.717, 1.165) is 12.0 Å². The first-order valence-electron chi connectivity index (χ1n) is 7.94. The largest absolute Gasteiger partial charge is 0.466 e. The van der Waals surface area contributed by atoms with Crippen molar-refractivity contribution in [1.82, 2.24) is 0 Å². The molecule has 0 heterocycles.